The van der Waals surface area contributed by atoms with Crippen molar-refractivity contribution in [2.75, 3.05) is 52.4 Å². The summed E-state index contributed by atoms with van der Waals surface area (Å²) in [6.45, 7) is 28.4. The van der Waals surface area contributed by atoms with Gasteiger partial charge in [0, 0.05) is 19.5 Å². The predicted octanol–water partition coefficient (Wildman–Crippen LogP) is 9.23. The number of hydrogen-bond donors (Lipinski definition) is 2. The van der Waals surface area contributed by atoms with E-state index in [0.717, 1.165) is 23.1 Å². The molecule has 2 aromatic heterocycles. The number of thiol groups is 2. The first-order valence-electron chi connectivity index (χ1n) is 11.6. The third-order valence-electron chi connectivity index (χ3n) is 6.43. The standard InChI is InChI=1S/2C8H20N.2C3H2S5.Zn/c2*1-5-9(6-2,7-3)8-4;2*4-1-2(5)8-3(6)7-1;/h2*5-8H2,1-4H3;2*4-5H;/q2*+1;;;/p-2. The van der Waals surface area contributed by atoms with Gasteiger partial charge >= 0.3 is 0 Å². The second-order valence-electron chi connectivity index (χ2n) is 7.31. The molecule has 2 aromatic rings. The van der Waals surface area contributed by atoms with Crippen LogP contribution in [-0.2, 0) is 44.7 Å². The van der Waals surface area contributed by atoms with Crippen molar-refractivity contribution >= 4 is 120 Å². The van der Waals surface area contributed by atoms with Crippen molar-refractivity contribution in [3.05, 3.63) is 6.28 Å². The molecule has 0 aromatic carbocycles. The minimum atomic E-state index is 0. The zero-order valence-corrected chi connectivity index (χ0v) is 33.7. The third kappa shape index (κ3) is 16.8. The molecule has 2 rings (SSSR count). The zero-order chi connectivity index (χ0) is 26.9. The molecular weight excluding hydrogens is 678 g/mol. The van der Waals surface area contributed by atoms with E-state index in [0.29, 0.717) is 0 Å². The first kappa shape index (κ1) is 41.7. The summed E-state index contributed by atoms with van der Waals surface area (Å²) in [4.78, 5) is 0. The van der Waals surface area contributed by atoms with Gasteiger partial charge in [0.05, 0.1) is 60.8 Å². The summed E-state index contributed by atoms with van der Waals surface area (Å²) in [5, 5.41) is 0. The van der Waals surface area contributed by atoms with Crippen LogP contribution in [0.2, 0.25) is 0 Å². The van der Waals surface area contributed by atoms with Gasteiger partial charge in [-0.15, -0.1) is 68.6 Å². The maximum atomic E-state index is 4.86. The van der Waals surface area contributed by atoms with Crippen molar-refractivity contribution in [2.45, 2.75) is 72.2 Å². The van der Waals surface area contributed by atoms with Crippen LogP contribution in [0.5, 0.6) is 0 Å². The zero-order valence-electron chi connectivity index (χ0n) is 22.4. The van der Waals surface area contributed by atoms with Gasteiger partial charge in [-0.2, -0.15) is 0 Å². The van der Waals surface area contributed by atoms with Crippen LogP contribution in [0.1, 0.15) is 55.4 Å². The fraction of sp³-hybridized carbons (Fsp3) is 0.727. The van der Waals surface area contributed by atoms with Crippen LogP contribution in [0.4, 0.5) is 0 Å². The summed E-state index contributed by atoms with van der Waals surface area (Å²) < 4.78 is 7.64. The Kier molecular flexibility index (Phi) is 27.4. The fourth-order valence-corrected chi connectivity index (χ4v) is 9.94. The number of hydrogen-bond acceptors (Lipinski definition) is 10. The second-order valence-corrected chi connectivity index (χ2v) is 16.6. The van der Waals surface area contributed by atoms with Gasteiger partial charge < -0.3 is 56.9 Å². The predicted molar refractivity (Wildman–Crippen MR) is 177 cm³/mol. The molecule has 0 bridgehead atoms. The summed E-state index contributed by atoms with van der Waals surface area (Å²) in [5.41, 5.74) is 0. The van der Waals surface area contributed by atoms with Gasteiger partial charge in [0.2, 0.25) is 0 Å². The summed E-state index contributed by atoms with van der Waals surface area (Å²) >= 11 is 33.4. The molecule has 0 radical (unpaired) electrons. The fourth-order valence-electron chi connectivity index (χ4n) is 3.20. The molecule has 2 nitrogen and oxygen atoms in total. The third-order valence-corrected chi connectivity index (χ3v) is 13.7. The molecule has 0 unspecified atom stereocenters. The Hall–Kier alpha value is 2.22. The maximum Gasteiger partial charge on any atom is 0.145 e. The van der Waals surface area contributed by atoms with Crippen LogP contribution in [0.3, 0.4) is 0 Å². The van der Waals surface area contributed by atoms with E-state index in [1.54, 1.807) is 0 Å². The number of quaternary nitrogens is 2. The van der Waals surface area contributed by atoms with E-state index in [1.165, 1.54) is 107 Å². The van der Waals surface area contributed by atoms with Gasteiger partial charge in [-0.1, -0.05) is 12.2 Å². The normalized spacial score (nSPS) is 10.6. The molecule has 0 aliphatic carbocycles. The molecule has 0 aliphatic rings. The molecule has 202 valence electrons. The van der Waals surface area contributed by atoms with Gasteiger partial charge in [0.25, 0.3) is 0 Å². The largest absolute Gasteiger partial charge is 0.429 e. The molecule has 0 amide bonds. The molecule has 0 saturated heterocycles. The molecule has 0 spiro atoms. The molecule has 0 saturated carbocycles. The van der Waals surface area contributed by atoms with E-state index in [2.05, 4.69) is 80.6 Å². The first-order valence-corrected chi connectivity index (χ1v) is 17.4. The number of rotatable bonds is 8. The Balaban J connectivity index is -0.000000387. The van der Waals surface area contributed by atoms with Gasteiger partial charge in [-0.05, 0) is 58.5 Å². The van der Waals surface area contributed by atoms with E-state index in [9.17, 15) is 0 Å². The van der Waals surface area contributed by atoms with Gasteiger partial charge in [0.1, 0.15) is 3.14 Å². The van der Waals surface area contributed by atoms with E-state index >= 15 is 0 Å². The van der Waals surface area contributed by atoms with Crippen LogP contribution in [0.15, 0.2) is 16.8 Å². The quantitative estimate of drug-likeness (QED) is 0.0918. The second kappa shape index (κ2) is 23.0. The maximum absolute atomic E-state index is 4.86. The summed E-state index contributed by atoms with van der Waals surface area (Å²) in [5.74, 6) is 0. The summed E-state index contributed by atoms with van der Waals surface area (Å²) in [7, 11) is 0. The van der Waals surface area contributed by atoms with Crippen molar-refractivity contribution in [2.24, 2.45) is 0 Å². The Morgan fingerprint density at radius 1 is 0.543 bits per heavy atom. The monoisotopic (exact) mass is 718 g/mol. The van der Waals surface area contributed by atoms with Gasteiger partial charge in [-0.3, -0.25) is 0 Å². The number of nitrogens with zero attached hydrogens (tertiary/aromatic N) is 2. The first-order chi connectivity index (χ1) is 15.9. The molecular formula is C22H42N2S10Zn. The van der Waals surface area contributed by atoms with Crippen LogP contribution in [-0.4, -0.2) is 61.3 Å². The van der Waals surface area contributed by atoms with Crippen LogP contribution >= 0.6 is 95.0 Å². The molecule has 35 heavy (non-hydrogen) atoms. The van der Waals surface area contributed by atoms with Crippen molar-refractivity contribution in [1.82, 2.24) is 0 Å². The Bertz CT molecular complexity index is 727. The topological polar surface area (TPSA) is 0 Å². The van der Waals surface area contributed by atoms with Crippen molar-refractivity contribution in [1.29, 1.82) is 0 Å². The summed E-state index contributed by atoms with van der Waals surface area (Å²) in [6, 6.07) is 0. The summed E-state index contributed by atoms with van der Waals surface area (Å²) in [6.07, 6.45) is 0. The van der Waals surface area contributed by atoms with E-state index in [-0.39, 0.29) is 19.5 Å². The van der Waals surface area contributed by atoms with Crippen LogP contribution in [0.25, 0.3) is 0 Å². The molecule has 0 N–H and O–H groups in total. The molecule has 0 aliphatic heterocycles. The Labute approximate surface area is 276 Å². The van der Waals surface area contributed by atoms with Crippen molar-refractivity contribution in [3.8, 4) is 0 Å². The Morgan fingerprint density at radius 3 is 0.800 bits per heavy atom. The van der Waals surface area contributed by atoms with Gasteiger partial charge in [0.15, 0.2) is 0 Å². The van der Waals surface area contributed by atoms with E-state index < -0.39 is 0 Å². The molecule has 0 atom stereocenters. The van der Waals surface area contributed by atoms with Crippen molar-refractivity contribution in [3.63, 3.8) is 0 Å². The minimum absolute atomic E-state index is 0. The smallest absolute Gasteiger partial charge is 0.145 e. The van der Waals surface area contributed by atoms with Crippen LogP contribution in [0, 0.1) is 6.28 Å². The average Bonchev–Trinajstić information content (AvgIpc) is 3.29. The average molecular weight is 721 g/mol. The molecule has 0 fully saturated rings. The van der Waals surface area contributed by atoms with Crippen molar-refractivity contribution < 1.29 is 28.4 Å². The van der Waals surface area contributed by atoms with Crippen LogP contribution < -0.4 is 0 Å². The van der Waals surface area contributed by atoms with E-state index in [4.69, 9.17) is 49.7 Å². The Morgan fingerprint density at radius 2 is 0.743 bits per heavy atom. The SMILES string of the molecule is CC[N+](CC)(CC)CC.CC[N+](CC)(CC)CC.S=c1sc(S)c(S)s1.S=c1sc([S-])c([S-])s1.[Zn]. The minimum Gasteiger partial charge on any atom is -0.429 e. The molecule has 13 heteroatoms. The molecule has 2 heterocycles. The van der Waals surface area contributed by atoms with Gasteiger partial charge in [-0.25, -0.2) is 0 Å². The van der Waals surface area contributed by atoms with E-state index in [1.807, 2.05) is 0 Å².